The van der Waals surface area contributed by atoms with Gasteiger partial charge in [-0.25, -0.2) is 0 Å². The van der Waals surface area contributed by atoms with Crippen LogP contribution in [0, 0.1) is 0 Å². The van der Waals surface area contributed by atoms with Crippen molar-refractivity contribution in [1.82, 2.24) is 10.2 Å². The molecule has 3 fully saturated rings. The number of hydrogen-bond acceptors (Lipinski definition) is 5. The van der Waals surface area contributed by atoms with Crippen LogP contribution in [0.2, 0.25) is 0 Å². The van der Waals surface area contributed by atoms with Crippen molar-refractivity contribution in [1.29, 1.82) is 0 Å². The van der Waals surface area contributed by atoms with Crippen LogP contribution >= 0.6 is 0 Å². The Bertz CT molecular complexity index is 597. The number of ether oxygens (including phenoxy) is 2. The molecule has 25 heavy (non-hydrogen) atoms. The highest BCUT2D eigenvalue weighted by Crippen LogP contribution is 2.23. The minimum absolute atomic E-state index is 0.00166. The van der Waals surface area contributed by atoms with Crippen molar-refractivity contribution in [2.45, 2.75) is 24.9 Å². The van der Waals surface area contributed by atoms with Crippen molar-refractivity contribution in [2.24, 2.45) is 0 Å². The summed E-state index contributed by atoms with van der Waals surface area (Å²) in [4.78, 5) is 17.7. The molecule has 0 bridgehead atoms. The summed E-state index contributed by atoms with van der Waals surface area (Å²) in [6.07, 6.45) is 2.49. The summed E-state index contributed by atoms with van der Waals surface area (Å²) >= 11 is 0. The Kier molecular flexibility index (Phi) is 5.20. The third-order valence-electron chi connectivity index (χ3n) is 5.48. The van der Waals surface area contributed by atoms with Crippen LogP contribution in [0.3, 0.4) is 0 Å². The Labute approximate surface area is 149 Å². The molecule has 0 aliphatic carbocycles. The third kappa shape index (κ3) is 3.66. The zero-order valence-electron chi connectivity index (χ0n) is 14.7. The van der Waals surface area contributed by atoms with Crippen LogP contribution in [0.15, 0.2) is 24.3 Å². The average molecular weight is 345 g/mol. The van der Waals surface area contributed by atoms with E-state index in [0.29, 0.717) is 25.9 Å². The highest BCUT2D eigenvalue weighted by molar-refractivity contribution is 6.00. The highest BCUT2D eigenvalue weighted by Gasteiger charge is 2.35. The Morgan fingerprint density at radius 2 is 1.76 bits per heavy atom. The minimum Gasteiger partial charge on any atom is -0.378 e. The van der Waals surface area contributed by atoms with E-state index >= 15 is 0 Å². The molecule has 0 aromatic heterocycles. The number of para-hydroxylation sites is 1. The number of morpholine rings is 1. The molecular formula is C19H27N3O3. The first-order chi connectivity index (χ1) is 12.3. The summed E-state index contributed by atoms with van der Waals surface area (Å²) in [5.74, 6) is 0.00166. The van der Waals surface area contributed by atoms with Crippen molar-refractivity contribution < 1.29 is 14.3 Å². The Morgan fingerprint density at radius 3 is 2.56 bits per heavy atom. The highest BCUT2D eigenvalue weighted by atomic mass is 16.5. The second-order valence-corrected chi connectivity index (χ2v) is 7.04. The summed E-state index contributed by atoms with van der Waals surface area (Å²) in [7, 11) is 0. The van der Waals surface area contributed by atoms with Gasteiger partial charge in [0.05, 0.1) is 44.1 Å². The van der Waals surface area contributed by atoms with Crippen LogP contribution in [0.5, 0.6) is 0 Å². The average Bonchev–Trinajstić information content (AvgIpc) is 3.34. The quantitative estimate of drug-likeness (QED) is 0.886. The van der Waals surface area contributed by atoms with Crippen LogP contribution in [0.25, 0.3) is 0 Å². The Hall–Kier alpha value is -1.63. The van der Waals surface area contributed by atoms with Gasteiger partial charge in [0.25, 0.3) is 5.91 Å². The standard InChI is InChI=1S/C19H27N3O3/c23-19(20-16-13-25-14-18(16)21-7-3-4-8-21)15-5-1-2-6-17(15)22-9-11-24-12-10-22/h1-2,5-6,16,18H,3-4,7-14H2,(H,20,23)/t16-,18-/m0/s1. The number of hydrogen-bond donors (Lipinski definition) is 1. The molecule has 0 saturated carbocycles. The molecule has 4 rings (SSSR count). The molecule has 6 heteroatoms. The van der Waals surface area contributed by atoms with Gasteiger partial charge in [0.2, 0.25) is 0 Å². The monoisotopic (exact) mass is 345 g/mol. The predicted octanol–water partition coefficient (Wildman–Crippen LogP) is 1.12. The topological polar surface area (TPSA) is 54.0 Å². The first-order valence-corrected chi connectivity index (χ1v) is 9.37. The molecule has 3 saturated heterocycles. The van der Waals surface area contributed by atoms with Gasteiger partial charge in [0, 0.05) is 18.8 Å². The van der Waals surface area contributed by atoms with Crippen molar-refractivity contribution >= 4 is 11.6 Å². The van der Waals surface area contributed by atoms with Gasteiger partial charge >= 0.3 is 0 Å². The fourth-order valence-corrected chi connectivity index (χ4v) is 4.11. The zero-order valence-corrected chi connectivity index (χ0v) is 14.7. The van der Waals surface area contributed by atoms with Gasteiger partial charge in [0.15, 0.2) is 0 Å². The van der Waals surface area contributed by atoms with E-state index in [9.17, 15) is 4.79 Å². The maximum Gasteiger partial charge on any atom is 0.253 e. The molecule has 3 heterocycles. The molecule has 0 unspecified atom stereocenters. The molecule has 3 aliphatic heterocycles. The molecule has 2 atom stereocenters. The van der Waals surface area contributed by atoms with Gasteiger partial charge in [-0.15, -0.1) is 0 Å². The third-order valence-corrected chi connectivity index (χ3v) is 5.48. The van der Waals surface area contributed by atoms with E-state index in [2.05, 4.69) is 15.1 Å². The number of rotatable bonds is 4. The van der Waals surface area contributed by atoms with Gasteiger partial charge < -0.3 is 19.7 Å². The maximum absolute atomic E-state index is 13.0. The minimum atomic E-state index is 0.00166. The molecular weight excluding hydrogens is 318 g/mol. The largest absolute Gasteiger partial charge is 0.378 e. The molecule has 1 aromatic carbocycles. The first kappa shape index (κ1) is 16.8. The lowest BCUT2D eigenvalue weighted by molar-refractivity contribution is 0.0915. The van der Waals surface area contributed by atoms with Crippen molar-refractivity contribution in [3.05, 3.63) is 29.8 Å². The van der Waals surface area contributed by atoms with E-state index in [1.54, 1.807) is 0 Å². The normalized spacial score (nSPS) is 27.6. The number of carbonyl (C=O) groups is 1. The fourth-order valence-electron chi connectivity index (χ4n) is 4.11. The molecule has 1 N–H and O–H groups in total. The lowest BCUT2D eigenvalue weighted by Crippen LogP contribution is -2.50. The van der Waals surface area contributed by atoms with E-state index in [0.717, 1.165) is 44.0 Å². The summed E-state index contributed by atoms with van der Waals surface area (Å²) in [5, 5.41) is 3.24. The SMILES string of the molecule is O=C(N[C@H]1COC[C@@H]1N1CCCC1)c1ccccc1N1CCOCC1. The van der Waals surface area contributed by atoms with E-state index in [4.69, 9.17) is 9.47 Å². The van der Waals surface area contributed by atoms with Gasteiger partial charge in [0.1, 0.15) is 0 Å². The Balaban J connectivity index is 1.47. The number of nitrogens with one attached hydrogen (secondary N) is 1. The molecule has 1 amide bonds. The molecule has 0 radical (unpaired) electrons. The fraction of sp³-hybridized carbons (Fsp3) is 0.632. The van der Waals surface area contributed by atoms with Crippen LogP contribution in [0.1, 0.15) is 23.2 Å². The summed E-state index contributed by atoms with van der Waals surface area (Å²) in [6.45, 7) is 6.63. The van der Waals surface area contributed by atoms with Crippen molar-refractivity contribution in [3.63, 3.8) is 0 Å². The van der Waals surface area contributed by atoms with Crippen LogP contribution in [0.4, 0.5) is 5.69 Å². The maximum atomic E-state index is 13.0. The van der Waals surface area contributed by atoms with Crippen LogP contribution in [-0.4, -0.2) is 75.5 Å². The summed E-state index contributed by atoms with van der Waals surface area (Å²) in [5.41, 5.74) is 1.75. The van der Waals surface area contributed by atoms with Crippen LogP contribution < -0.4 is 10.2 Å². The molecule has 6 nitrogen and oxygen atoms in total. The number of carbonyl (C=O) groups excluding carboxylic acids is 1. The lowest BCUT2D eigenvalue weighted by Gasteiger charge is -2.31. The molecule has 136 valence electrons. The van der Waals surface area contributed by atoms with Gasteiger partial charge in [-0.05, 0) is 38.1 Å². The van der Waals surface area contributed by atoms with Gasteiger partial charge in [-0.2, -0.15) is 0 Å². The second kappa shape index (κ2) is 7.72. The number of anilines is 1. The zero-order chi connectivity index (χ0) is 17.1. The number of benzene rings is 1. The smallest absolute Gasteiger partial charge is 0.253 e. The van der Waals surface area contributed by atoms with E-state index in [-0.39, 0.29) is 11.9 Å². The van der Waals surface area contributed by atoms with Crippen molar-refractivity contribution in [2.75, 3.05) is 57.5 Å². The van der Waals surface area contributed by atoms with Gasteiger partial charge in [-0.1, -0.05) is 12.1 Å². The number of amides is 1. The number of nitrogens with zero attached hydrogens (tertiary/aromatic N) is 2. The van der Waals surface area contributed by atoms with E-state index < -0.39 is 0 Å². The molecule has 0 spiro atoms. The number of likely N-dealkylation sites (tertiary alicyclic amines) is 1. The van der Waals surface area contributed by atoms with Crippen molar-refractivity contribution in [3.8, 4) is 0 Å². The van der Waals surface area contributed by atoms with E-state index in [1.807, 2.05) is 24.3 Å². The summed E-state index contributed by atoms with van der Waals surface area (Å²) < 4.78 is 11.1. The predicted molar refractivity (Wildman–Crippen MR) is 96.1 cm³/mol. The van der Waals surface area contributed by atoms with E-state index in [1.165, 1.54) is 12.8 Å². The van der Waals surface area contributed by atoms with Gasteiger partial charge in [-0.3, -0.25) is 9.69 Å². The lowest BCUT2D eigenvalue weighted by atomic mass is 10.1. The first-order valence-electron chi connectivity index (χ1n) is 9.37. The molecule has 3 aliphatic rings. The Morgan fingerprint density at radius 1 is 1.00 bits per heavy atom. The summed E-state index contributed by atoms with van der Waals surface area (Å²) in [6, 6.07) is 8.25. The molecule has 1 aromatic rings. The van der Waals surface area contributed by atoms with Crippen LogP contribution in [-0.2, 0) is 9.47 Å². The second-order valence-electron chi connectivity index (χ2n) is 7.04.